The smallest absolute Gasteiger partial charge is 0.319 e. The average molecular weight is 384 g/mol. The predicted molar refractivity (Wildman–Crippen MR) is 102 cm³/mol. The van der Waals surface area contributed by atoms with Crippen molar-refractivity contribution in [2.45, 2.75) is 44.9 Å². The molecule has 0 radical (unpaired) electrons. The molecule has 0 saturated carbocycles. The summed E-state index contributed by atoms with van der Waals surface area (Å²) in [5.41, 5.74) is 1.16. The fourth-order valence-corrected chi connectivity index (χ4v) is 3.49. The summed E-state index contributed by atoms with van der Waals surface area (Å²) >= 11 is 0. The van der Waals surface area contributed by atoms with Crippen LogP contribution in [0, 0.1) is 0 Å². The molecule has 1 aromatic carbocycles. The molecule has 2 aliphatic heterocycles. The molecule has 28 heavy (non-hydrogen) atoms. The summed E-state index contributed by atoms with van der Waals surface area (Å²) in [5.74, 6) is 1.60. The van der Waals surface area contributed by atoms with Gasteiger partial charge >= 0.3 is 6.03 Å². The van der Waals surface area contributed by atoms with Gasteiger partial charge in [0.1, 0.15) is 5.82 Å². The zero-order valence-corrected chi connectivity index (χ0v) is 15.6. The lowest BCUT2D eigenvalue weighted by molar-refractivity contribution is 0.0858. The van der Waals surface area contributed by atoms with Gasteiger partial charge in [0.15, 0.2) is 5.82 Å². The van der Waals surface area contributed by atoms with E-state index in [4.69, 9.17) is 4.74 Å². The van der Waals surface area contributed by atoms with Crippen molar-refractivity contribution < 1.29 is 14.3 Å². The Hall–Kier alpha value is -2.94. The van der Waals surface area contributed by atoms with Crippen molar-refractivity contribution in [1.29, 1.82) is 0 Å². The lowest BCUT2D eigenvalue weighted by atomic mass is 10.2. The zero-order valence-electron chi connectivity index (χ0n) is 15.6. The van der Waals surface area contributed by atoms with Crippen LogP contribution < -0.4 is 16.0 Å². The molecule has 3 N–H and O–H groups in total. The van der Waals surface area contributed by atoms with Crippen molar-refractivity contribution in [3.8, 4) is 0 Å². The van der Waals surface area contributed by atoms with Crippen LogP contribution in [0.4, 0.5) is 10.5 Å². The van der Waals surface area contributed by atoms with Crippen LogP contribution in [0.2, 0.25) is 0 Å². The van der Waals surface area contributed by atoms with Gasteiger partial charge in [0, 0.05) is 37.4 Å². The van der Waals surface area contributed by atoms with Crippen LogP contribution in [-0.2, 0) is 24.2 Å². The Bertz CT molecular complexity index is 842. The number of benzene rings is 1. The molecular formula is C19H24N6O3. The topological polar surface area (TPSA) is 110 Å². The molecule has 0 unspecified atom stereocenters. The number of aryl methyl sites for hydroxylation is 1. The van der Waals surface area contributed by atoms with Crippen molar-refractivity contribution in [3.63, 3.8) is 0 Å². The maximum Gasteiger partial charge on any atom is 0.319 e. The number of aromatic nitrogens is 3. The van der Waals surface area contributed by atoms with Crippen LogP contribution in [0.5, 0.6) is 0 Å². The quantitative estimate of drug-likeness (QED) is 0.698. The van der Waals surface area contributed by atoms with Crippen LogP contribution in [0.1, 0.15) is 41.3 Å². The third-order valence-corrected chi connectivity index (χ3v) is 5.01. The molecule has 2 aliphatic rings. The normalized spacial score (nSPS) is 17.9. The van der Waals surface area contributed by atoms with Gasteiger partial charge in [-0.2, -0.15) is 0 Å². The van der Waals surface area contributed by atoms with Gasteiger partial charge in [-0.25, -0.2) is 4.79 Å². The molecule has 0 spiro atoms. The van der Waals surface area contributed by atoms with Crippen LogP contribution in [0.25, 0.3) is 0 Å². The largest absolute Gasteiger partial charge is 0.376 e. The molecule has 2 aromatic rings. The number of anilines is 1. The average Bonchev–Trinajstić information content (AvgIpc) is 3.44. The van der Waals surface area contributed by atoms with Crippen LogP contribution in [0.3, 0.4) is 0 Å². The summed E-state index contributed by atoms with van der Waals surface area (Å²) in [6.45, 7) is 2.51. The van der Waals surface area contributed by atoms with E-state index in [-0.39, 0.29) is 18.0 Å². The first-order valence-electron chi connectivity index (χ1n) is 9.65. The first-order valence-corrected chi connectivity index (χ1v) is 9.65. The molecule has 4 rings (SSSR count). The summed E-state index contributed by atoms with van der Waals surface area (Å²) in [7, 11) is 0. The standard InChI is InChI=1S/C19H24N6O3/c26-18(20-11-15-3-2-10-28-15)13-5-7-14(8-6-13)22-19(27)21-12-17-24-23-16-4-1-9-25(16)17/h5-8,15H,1-4,9-12H2,(H,20,26)(H2,21,22,27)/t15-/m1/s1. The Morgan fingerprint density at radius 3 is 2.79 bits per heavy atom. The van der Waals surface area contributed by atoms with E-state index >= 15 is 0 Å². The Morgan fingerprint density at radius 2 is 2.00 bits per heavy atom. The van der Waals surface area contributed by atoms with E-state index < -0.39 is 0 Å². The molecule has 0 aliphatic carbocycles. The van der Waals surface area contributed by atoms with Gasteiger partial charge in [-0.05, 0) is 43.5 Å². The number of nitrogens with one attached hydrogen (secondary N) is 3. The second-order valence-corrected chi connectivity index (χ2v) is 7.02. The lowest BCUT2D eigenvalue weighted by Gasteiger charge is -2.11. The van der Waals surface area contributed by atoms with E-state index in [0.29, 0.717) is 24.3 Å². The number of rotatable bonds is 6. The predicted octanol–water partition coefficient (Wildman–Crippen LogP) is 1.45. The highest BCUT2D eigenvalue weighted by atomic mass is 16.5. The van der Waals surface area contributed by atoms with Gasteiger partial charge in [-0.15, -0.1) is 10.2 Å². The first kappa shape index (κ1) is 18.4. The molecule has 1 saturated heterocycles. The Balaban J connectivity index is 1.24. The van der Waals surface area contributed by atoms with Gasteiger partial charge in [-0.3, -0.25) is 4.79 Å². The summed E-state index contributed by atoms with van der Waals surface area (Å²) in [5, 5.41) is 16.7. The number of carbonyl (C=O) groups excluding carboxylic acids is 2. The van der Waals surface area contributed by atoms with Crippen molar-refractivity contribution in [2.75, 3.05) is 18.5 Å². The molecule has 148 valence electrons. The third kappa shape index (κ3) is 4.30. The van der Waals surface area contributed by atoms with Crippen LogP contribution in [-0.4, -0.2) is 46.0 Å². The molecule has 3 amide bonds. The van der Waals surface area contributed by atoms with Crippen molar-refractivity contribution in [3.05, 3.63) is 41.5 Å². The molecule has 1 aromatic heterocycles. The summed E-state index contributed by atoms with van der Waals surface area (Å²) < 4.78 is 7.54. The minimum absolute atomic E-state index is 0.111. The number of fused-ring (bicyclic) bond motifs is 1. The lowest BCUT2D eigenvalue weighted by Crippen LogP contribution is -2.31. The second-order valence-electron chi connectivity index (χ2n) is 7.02. The van der Waals surface area contributed by atoms with E-state index in [0.717, 1.165) is 50.5 Å². The maximum absolute atomic E-state index is 12.2. The number of amides is 3. The molecule has 1 fully saturated rings. The SMILES string of the molecule is O=C(NCc1nnc2n1CCC2)Nc1ccc(C(=O)NC[C@H]2CCCO2)cc1. The van der Waals surface area contributed by atoms with E-state index in [2.05, 4.69) is 26.1 Å². The highest BCUT2D eigenvalue weighted by Gasteiger charge is 2.18. The Morgan fingerprint density at radius 1 is 1.14 bits per heavy atom. The number of ether oxygens (including phenoxy) is 1. The Labute approximate surface area is 162 Å². The molecule has 0 bridgehead atoms. The minimum Gasteiger partial charge on any atom is -0.376 e. The fraction of sp³-hybridized carbons (Fsp3) is 0.474. The molecular weight excluding hydrogens is 360 g/mol. The maximum atomic E-state index is 12.2. The van der Waals surface area contributed by atoms with Crippen molar-refractivity contribution >= 4 is 17.6 Å². The van der Waals surface area contributed by atoms with E-state index in [1.165, 1.54) is 0 Å². The third-order valence-electron chi connectivity index (χ3n) is 5.01. The first-order chi connectivity index (χ1) is 13.7. The van der Waals surface area contributed by atoms with Gasteiger partial charge in [-0.1, -0.05) is 0 Å². The molecule has 1 atom stereocenters. The number of nitrogens with zero attached hydrogens (tertiary/aromatic N) is 3. The van der Waals surface area contributed by atoms with Crippen molar-refractivity contribution in [2.24, 2.45) is 0 Å². The summed E-state index contributed by atoms with van der Waals surface area (Å²) in [6.07, 6.45) is 4.14. The summed E-state index contributed by atoms with van der Waals surface area (Å²) in [4.78, 5) is 24.3. The van der Waals surface area contributed by atoms with E-state index in [9.17, 15) is 9.59 Å². The highest BCUT2D eigenvalue weighted by Crippen LogP contribution is 2.14. The monoisotopic (exact) mass is 384 g/mol. The fourth-order valence-electron chi connectivity index (χ4n) is 3.49. The van der Waals surface area contributed by atoms with Gasteiger partial charge in [0.25, 0.3) is 5.91 Å². The van der Waals surface area contributed by atoms with Crippen LogP contribution >= 0.6 is 0 Å². The summed E-state index contributed by atoms with van der Waals surface area (Å²) in [6, 6.07) is 6.45. The van der Waals surface area contributed by atoms with Gasteiger partial charge in [0.05, 0.1) is 12.6 Å². The Kier molecular flexibility index (Phi) is 5.52. The minimum atomic E-state index is -0.328. The number of hydrogen-bond acceptors (Lipinski definition) is 5. The molecule has 3 heterocycles. The molecule has 9 heteroatoms. The number of urea groups is 1. The highest BCUT2D eigenvalue weighted by molar-refractivity contribution is 5.95. The van der Waals surface area contributed by atoms with Gasteiger partial charge < -0.3 is 25.3 Å². The van der Waals surface area contributed by atoms with E-state index in [1.54, 1.807) is 24.3 Å². The van der Waals surface area contributed by atoms with E-state index in [1.807, 2.05) is 4.57 Å². The number of hydrogen-bond donors (Lipinski definition) is 3. The van der Waals surface area contributed by atoms with Gasteiger partial charge in [0.2, 0.25) is 0 Å². The van der Waals surface area contributed by atoms with Crippen molar-refractivity contribution in [1.82, 2.24) is 25.4 Å². The second kappa shape index (κ2) is 8.39. The zero-order chi connectivity index (χ0) is 19.3. The van der Waals surface area contributed by atoms with Crippen LogP contribution in [0.15, 0.2) is 24.3 Å². The molecule has 9 nitrogen and oxygen atoms in total. The number of carbonyl (C=O) groups is 2.